The monoisotopic (exact) mass is 465 g/mol. The minimum atomic E-state index is 0.0606. The fourth-order valence-electron chi connectivity index (χ4n) is 4.14. The van der Waals surface area contributed by atoms with Gasteiger partial charge in [0.2, 0.25) is 5.91 Å². The number of hydrogen-bond donors (Lipinski definition) is 2. The van der Waals surface area contributed by atoms with Crippen molar-refractivity contribution in [2.45, 2.75) is 36.4 Å². The van der Waals surface area contributed by atoms with Gasteiger partial charge in [-0.05, 0) is 54.8 Å². The Balaban J connectivity index is 1.11. The molecule has 2 aromatic carbocycles. The Hall–Kier alpha value is -2.81. The Morgan fingerprint density at radius 1 is 1.21 bits per heavy atom. The van der Waals surface area contributed by atoms with Crippen LogP contribution in [0.3, 0.4) is 0 Å². The van der Waals surface area contributed by atoms with Gasteiger partial charge in [-0.2, -0.15) is 0 Å². The van der Waals surface area contributed by atoms with Crippen LogP contribution in [0.25, 0.3) is 10.9 Å². The summed E-state index contributed by atoms with van der Waals surface area (Å²) in [5, 5.41) is 7.47. The Kier molecular flexibility index (Phi) is 6.66. The molecule has 1 amide bonds. The van der Waals surface area contributed by atoms with Crippen molar-refractivity contribution in [3.8, 4) is 11.5 Å². The van der Waals surface area contributed by atoms with Crippen LogP contribution in [-0.4, -0.2) is 49.1 Å². The molecule has 0 spiro atoms. The molecule has 0 unspecified atom stereocenters. The number of pyridine rings is 1. The minimum absolute atomic E-state index is 0.0606. The summed E-state index contributed by atoms with van der Waals surface area (Å²) in [4.78, 5) is 17.2. The molecule has 0 bridgehead atoms. The fourth-order valence-corrected chi connectivity index (χ4v) is 4.93. The molecule has 2 aliphatic rings. The first-order valence-electron chi connectivity index (χ1n) is 11.1. The predicted octanol–water partition coefficient (Wildman–Crippen LogP) is 4.00. The number of methoxy groups -OCH3 is 1. The van der Waals surface area contributed by atoms with Crippen LogP contribution < -0.4 is 20.1 Å². The first-order valence-corrected chi connectivity index (χ1v) is 12.1. The summed E-state index contributed by atoms with van der Waals surface area (Å²) >= 11 is 1.58. The van der Waals surface area contributed by atoms with Crippen molar-refractivity contribution < 1.29 is 19.0 Å². The molecule has 5 rings (SSSR count). The second-order valence-corrected chi connectivity index (χ2v) is 9.30. The van der Waals surface area contributed by atoms with Gasteiger partial charge in [0.1, 0.15) is 18.1 Å². The lowest BCUT2D eigenvalue weighted by Crippen LogP contribution is -2.41. The molecule has 3 heterocycles. The van der Waals surface area contributed by atoms with Gasteiger partial charge in [0.25, 0.3) is 0 Å². The average molecular weight is 466 g/mol. The highest BCUT2D eigenvalue weighted by Gasteiger charge is 2.22. The molecular weight excluding hydrogens is 438 g/mol. The van der Waals surface area contributed by atoms with Crippen molar-refractivity contribution in [1.29, 1.82) is 0 Å². The van der Waals surface area contributed by atoms with Crippen LogP contribution in [0.4, 0.5) is 5.69 Å². The van der Waals surface area contributed by atoms with Crippen molar-refractivity contribution in [1.82, 2.24) is 10.3 Å². The summed E-state index contributed by atoms with van der Waals surface area (Å²) in [5.74, 6) is 2.12. The highest BCUT2D eigenvalue weighted by Crippen LogP contribution is 2.32. The zero-order valence-electron chi connectivity index (χ0n) is 18.5. The Morgan fingerprint density at radius 3 is 3.00 bits per heavy atom. The molecule has 3 aromatic rings. The molecule has 0 aliphatic carbocycles. The number of hydrogen-bond acceptors (Lipinski definition) is 7. The Bertz CT molecular complexity index is 1150. The van der Waals surface area contributed by atoms with Crippen molar-refractivity contribution in [3.05, 3.63) is 54.2 Å². The van der Waals surface area contributed by atoms with Gasteiger partial charge in [-0.1, -0.05) is 6.07 Å². The van der Waals surface area contributed by atoms with E-state index in [1.807, 2.05) is 24.3 Å². The van der Waals surface area contributed by atoms with E-state index in [2.05, 4.69) is 33.8 Å². The number of thioether (sulfide) groups is 1. The molecule has 1 saturated heterocycles. The lowest BCUT2D eigenvalue weighted by molar-refractivity contribution is -0.113. The van der Waals surface area contributed by atoms with Crippen molar-refractivity contribution >= 4 is 34.3 Å². The van der Waals surface area contributed by atoms with Gasteiger partial charge >= 0.3 is 0 Å². The van der Waals surface area contributed by atoms with E-state index in [0.717, 1.165) is 57.9 Å². The number of ether oxygens (including phenoxy) is 3. The second kappa shape index (κ2) is 9.99. The minimum Gasteiger partial charge on any atom is -0.497 e. The number of anilines is 1. The SMILES string of the molecule is COc1ccc2nccc(OC[C@@H]3CC[C@@H](NCc4ccc5c(c4)NC(=O)CS5)CO3)c2c1. The van der Waals surface area contributed by atoms with E-state index >= 15 is 0 Å². The van der Waals surface area contributed by atoms with Gasteiger partial charge in [-0.25, -0.2) is 0 Å². The maximum absolute atomic E-state index is 11.6. The molecule has 8 heteroatoms. The molecular formula is C25H27N3O4S. The van der Waals surface area contributed by atoms with E-state index < -0.39 is 0 Å². The van der Waals surface area contributed by atoms with E-state index in [4.69, 9.17) is 14.2 Å². The number of benzene rings is 2. The van der Waals surface area contributed by atoms with E-state index in [1.165, 1.54) is 0 Å². The lowest BCUT2D eigenvalue weighted by atomic mass is 10.0. The first-order chi connectivity index (χ1) is 16.2. The number of nitrogens with one attached hydrogen (secondary N) is 2. The second-order valence-electron chi connectivity index (χ2n) is 8.28. The summed E-state index contributed by atoms with van der Waals surface area (Å²) in [6, 6.07) is 14.2. The largest absolute Gasteiger partial charge is 0.497 e. The number of carbonyl (C=O) groups is 1. The molecule has 0 radical (unpaired) electrons. The van der Waals surface area contributed by atoms with E-state index in [-0.39, 0.29) is 12.0 Å². The van der Waals surface area contributed by atoms with Crippen LogP contribution in [0.5, 0.6) is 11.5 Å². The molecule has 1 aromatic heterocycles. The summed E-state index contributed by atoms with van der Waals surface area (Å²) in [6.45, 7) is 1.90. The Morgan fingerprint density at radius 2 is 2.15 bits per heavy atom. The quantitative estimate of drug-likeness (QED) is 0.546. The van der Waals surface area contributed by atoms with Crippen LogP contribution in [0.15, 0.2) is 53.6 Å². The highest BCUT2D eigenvalue weighted by atomic mass is 32.2. The molecule has 172 valence electrons. The third-order valence-corrected chi connectivity index (χ3v) is 7.05. The smallest absolute Gasteiger partial charge is 0.234 e. The molecule has 7 nitrogen and oxygen atoms in total. The number of aromatic nitrogens is 1. The van der Waals surface area contributed by atoms with Crippen molar-refractivity contribution in [3.63, 3.8) is 0 Å². The summed E-state index contributed by atoms with van der Waals surface area (Å²) in [7, 11) is 1.65. The number of nitrogens with zero attached hydrogens (tertiary/aromatic N) is 1. The number of amides is 1. The van der Waals surface area contributed by atoms with Gasteiger partial charge in [0.15, 0.2) is 0 Å². The standard InChI is InChI=1S/C25H27N3O4S/c1-30-18-5-6-21-20(11-18)23(8-9-26-21)32-14-19-4-3-17(13-31-19)27-12-16-2-7-24-22(10-16)28-25(29)15-33-24/h2,5-11,17,19,27H,3-4,12-15H2,1H3,(H,28,29)/t17-,19+/m1/s1. The molecule has 2 N–H and O–H groups in total. The van der Waals surface area contributed by atoms with Crippen molar-refractivity contribution in [2.75, 3.05) is 31.4 Å². The molecule has 0 saturated carbocycles. The van der Waals surface area contributed by atoms with Gasteiger partial charge in [0, 0.05) is 29.1 Å². The summed E-state index contributed by atoms with van der Waals surface area (Å²) < 4.78 is 17.5. The van der Waals surface area contributed by atoms with E-state index in [1.54, 1.807) is 25.1 Å². The fraction of sp³-hybridized carbons (Fsp3) is 0.360. The maximum Gasteiger partial charge on any atom is 0.234 e. The number of fused-ring (bicyclic) bond motifs is 2. The summed E-state index contributed by atoms with van der Waals surface area (Å²) in [6.07, 6.45) is 3.78. The van der Waals surface area contributed by atoms with Gasteiger partial charge in [0.05, 0.1) is 36.8 Å². The van der Waals surface area contributed by atoms with Crippen molar-refractivity contribution in [2.24, 2.45) is 0 Å². The normalized spacial score (nSPS) is 20.2. The third kappa shape index (κ3) is 5.24. The van der Waals surface area contributed by atoms with Crippen LogP contribution in [0, 0.1) is 0 Å². The maximum atomic E-state index is 11.6. The lowest BCUT2D eigenvalue weighted by Gasteiger charge is -2.30. The predicted molar refractivity (Wildman–Crippen MR) is 129 cm³/mol. The summed E-state index contributed by atoms with van der Waals surface area (Å²) in [5.41, 5.74) is 2.94. The van der Waals surface area contributed by atoms with Crippen LogP contribution in [-0.2, 0) is 16.1 Å². The number of rotatable bonds is 7. The van der Waals surface area contributed by atoms with Gasteiger partial charge in [-0.15, -0.1) is 11.8 Å². The average Bonchev–Trinajstić information content (AvgIpc) is 2.86. The van der Waals surface area contributed by atoms with Gasteiger partial charge in [-0.3, -0.25) is 9.78 Å². The first kappa shape index (κ1) is 22.0. The molecule has 2 atom stereocenters. The topological polar surface area (TPSA) is 81.7 Å². The van der Waals surface area contributed by atoms with E-state index in [9.17, 15) is 4.79 Å². The number of carbonyl (C=O) groups excluding carboxylic acids is 1. The Labute approximate surface area is 197 Å². The van der Waals surface area contributed by atoms with Crippen LogP contribution in [0.2, 0.25) is 0 Å². The molecule has 1 fully saturated rings. The molecule has 2 aliphatic heterocycles. The highest BCUT2D eigenvalue weighted by molar-refractivity contribution is 8.00. The van der Waals surface area contributed by atoms with Crippen LogP contribution in [0.1, 0.15) is 18.4 Å². The van der Waals surface area contributed by atoms with Gasteiger partial charge < -0.3 is 24.8 Å². The zero-order chi connectivity index (χ0) is 22.6. The third-order valence-electron chi connectivity index (χ3n) is 5.98. The zero-order valence-corrected chi connectivity index (χ0v) is 19.3. The van der Waals surface area contributed by atoms with E-state index in [0.29, 0.717) is 25.0 Å². The van der Waals surface area contributed by atoms with Crippen LogP contribution >= 0.6 is 11.8 Å². The molecule has 33 heavy (non-hydrogen) atoms.